The molecule has 0 amide bonds. The molecule has 1 aromatic carbocycles. The third kappa shape index (κ3) is 4.15. The van der Waals surface area contributed by atoms with Gasteiger partial charge in [-0.05, 0) is 23.1 Å². The number of hydrogen-bond acceptors (Lipinski definition) is 5. The van der Waals surface area contributed by atoms with E-state index in [2.05, 4.69) is 10.2 Å². The topological polar surface area (TPSA) is 61.9 Å². The highest BCUT2D eigenvalue weighted by molar-refractivity contribution is 7.13. The molecule has 0 bridgehead atoms. The van der Waals surface area contributed by atoms with Crippen LogP contribution in [0.15, 0.2) is 72.5 Å². The molecule has 0 saturated carbocycles. The molecule has 0 spiro atoms. The third-order valence-electron chi connectivity index (χ3n) is 4.04. The maximum atomic E-state index is 12.7. The van der Waals surface area contributed by atoms with Crippen molar-refractivity contribution in [3.63, 3.8) is 0 Å². The van der Waals surface area contributed by atoms with E-state index in [0.29, 0.717) is 24.3 Å². The van der Waals surface area contributed by atoms with Gasteiger partial charge in [-0.2, -0.15) is 10.2 Å². The summed E-state index contributed by atoms with van der Waals surface area (Å²) in [6.07, 6.45) is 5.30. The lowest BCUT2D eigenvalue weighted by Crippen LogP contribution is -2.12. The van der Waals surface area contributed by atoms with E-state index in [1.807, 2.05) is 60.1 Å². The van der Waals surface area contributed by atoms with Crippen LogP contribution in [0.3, 0.4) is 0 Å². The van der Waals surface area contributed by atoms with Crippen LogP contribution in [0.4, 0.5) is 0 Å². The summed E-state index contributed by atoms with van der Waals surface area (Å²) < 4.78 is 8.97. The van der Waals surface area contributed by atoms with Gasteiger partial charge in [-0.15, -0.1) is 11.3 Å². The van der Waals surface area contributed by atoms with E-state index < -0.39 is 0 Å². The normalized spacial score (nSPS) is 10.8. The summed E-state index contributed by atoms with van der Waals surface area (Å²) in [5.41, 5.74) is 2.26. The summed E-state index contributed by atoms with van der Waals surface area (Å²) >= 11 is 1.55. The molecule has 0 N–H and O–H groups in total. The Bertz CT molecular complexity index is 992. The van der Waals surface area contributed by atoms with Gasteiger partial charge in [0.15, 0.2) is 0 Å². The minimum atomic E-state index is -0.370. The fourth-order valence-electron chi connectivity index (χ4n) is 2.76. The van der Waals surface area contributed by atoms with E-state index in [1.165, 1.54) is 0 Å². The van der Waals surface area contributed by atoms with Crippen molar-refractivity contribution in [1.82, 2.24) is 19.6 Å². The first-order valence-electron chi connectivity index (χ1n) is 8.59. The van der Waals surface area contributed by atoms with Crippen LogP contribution in [-0.4, -0.2) is 32.1 Å². The van der Waals surface area contributed by atoms with Crippen molar-refractivity contribution < 1.29 is 9.53 Å². The van der Waals surface area contributed by atoms with Crippen LogP contribution < -0.4 is 0 Å². The summed E-state index contributed by atoms with van der Waals surface area (Å²) in [6.45, 7) is 1.37. The van der Waals surface area contributed by atoms with Crippen LogP contribution in [0, 0.1) is 0 Å². The molecule has 136 valence electrons. The second-order valence-electron chi connectivity index (χ2n) is 5.96. The van der Waals surface area contributed by atoms with Crippen molar-refractivity contribution in [2.24, 2.45) is 0 Å². The highest BCUT2D eigenvalue weighted by Crippen LogP contribution is 2.27. The van der Waals surface area contributed by atoms with Gasteiger partial charge < -0.3 is 4.74 Å². The van der Waals surface area contributed by atoms with Crippen molar-refractivity contribution in [2.75, 3.05) is 6.61 Å². The largest absolute Gasteiger partial charge is 0.460 e. The zero-order valence-corrected chi connectivity index (χ0v) is 15.4. The number of ether oxygens (including phenoxy) is 1. The van der Waals surface area contributed by atoms with Gasteiger partial charge in [0.25, 0.3) is 0 Å². The lowest BCUT2D eigenvalue weighted by molar-refractivity contribution is 0.0488. The SMILES string of the molecule is O=C(OCCn1cccn1)c1cn(Cc2ccccc2)nc1-c1cccs1. The average molecular weight is 378 g/mol. The molecule has 4 rings (SSSR count). The standard InChI is InChI=1S/C20H18N4O2S/c25-20(26-12-11-23-10-5-9-21-23)17-15-24(14-16-6-2-1-3-7-16)22-19(17)18-8-4-13-27-18/h1-10,13,15H,11-12,14H2. The smallest absolute Gasteiger partial charge is 0.342 e. The second-order valence-corrected chi connectivity index (χ2v) is 6.90. The Balaban J connectivity index is 1.53. The molecule has 0 unspecified atom stereocenters. The van der Waals surface area contributed by atoms with Crippen LogP contribution in [0.1, 0.15) is 15.9 Å². The molecular formula is C20H18N4O2S. The number of benzene rings is 1. The first-order chi connectivity index (χ1) is 13.3. The second kappa shape index (κ2) is 8.01. The van der Waals surface area contributed by atoms with Crippen molar-refractivity contribution >= 4 is 17.3 Å². The highest BCUT2D eigenvalue weighted by atomic mass is 32.1. The molecule has 4 aromatic rings. The summed E-state index contributed by atoms with van der Waals surface area (Å²) in [7, 11) is 0. The molecule has 0 atom stereocenters. The van der Waals surface area contributed by atoms with Gasteiger partial charge in [-0.25, -0.2) is 4.79 Å². The molecule has 3 aromatic heterocycles. The Morgan fingerprint density at radius 1 is 1.07 bits per heavy atom. The number of carbonyl (C=O) groups is 1. The van der Waals surface area contributed by atoms with Crippen molar-refractivity contribution in [3.05, 3.63) is 83.6 Å². The summed E-state index contributed by atoms with van der Waals surface area (Å²) in [5, 5.41) is 10.7. The first kappa shape index (κ1) is 17.2. The van der Waals surface area contributed by atoms with Crippen molar-refractivity contribution in [1.29, 1.82) is 0 Å². The molecule has 0 fully saturated rings. The molecule has 27 heavy (non-hydrogen) atoms. The fourth-order valence-corrected chi connectivity index (χ4v) is 3.48. The van der Waals surface area contributed by atoms with Crippen LogP contribution in [0.25, 0.3) is 10.6 Å². The number of nitrogens with zero attached hydrogens (tertiary/aromatic N) is 4. The van der Waals surface area contributed by atoms with E-state index in [0.717, 1.165) is 10.4 Å². The molecule has 3 heterocycles. The molecule has 0 aliphatic rings. The number of esters is 1. The third-order valence-corrected chi connectivity index (χ3v) is 4.91. The Kier molecular flexibility index (Phi) is 5.11. The Labute approximate surface area is 160 Å². The average Bonchev–Trinajstić information content (AvgIpc) is 3.44. The lowest BCUT2D eigenvalue weighted by Gasteiger charge is -2.04. The number of carbonyl (C=O) groups excluding carboxylic acids is 1. The van der Waals surface area contributed by atoms with E-state index in [-0.39, 0.29) is 12.6 Å². The number of hydrogen-bond donors (Lipinski definition) is 0. The fraction of sp³-hybridized carbons (Fsp3) is 0.150. The van der Waals surface area contributed by atoms with Crippen LogP contribution >= 0.6 is 11.3 Å². The van der Waals surface area contributed by atoms with Gasteiger partial charge in [-0.3, -0.25) is 9.36 Å². The van der Waals surface area contributed by atoms with Gasteiger partial charge in [0.2, 0.25) is 0 Å². The Hall–Kier alpha value is -3.19. The maximum absolute atomic E-state index is 12.7. The van der Waals surface area contributed by atoms with Crippen molar-refractivity contribution in [2.45, 2.75) is 13.1 Å². The Morgan fingerprint density at radius 3 is 2.70 bits per heavy atom. The first-order valence-corrected chi connectivity index (χ1v) is 9.47. The van der Waals surface area contributed by atoms with Gasteiger partial charge in [-0.1, -0.05) is 36.4 Å². The predicted molar refractivity (Wildman–Crippen MR) is 104 cm³/mol. The molecule has 7 heteroatoms. The number of aromatic nitrogens is 4. The van der Waals surface area contributed by atoms with Crippen LogP contribution in [-0.2, 0) is 17.8 Å². The summed E-state index contributed by atoms with van der Waals surface area (Å²) in [4.78, 5) is 13.6. The minimum absolute atomic E-state index is 0.258. The Morgan fingerprint density at radius 2 is 1.96 bits per heavy atom. The van der Waals surface area contributed by atoms with Crippen molar-refractivity contribution in [3.8, 4) is 10.6 Å². The van der Waals surface area contributed by atoms with Crippen LogP contribution in [0.5, 0.6) is 0 Å². The van der Waals surface area contributed by atoms with E-state index in [9.17, 15) is 4.79 Å². The van der Waals surface area contributed by atoms with Gasteiger partial charge in [0.1, 0.15) is 17.9 Å². The molecule has 0 aliphatic carbocycles. The highest BCUT2D eigenvalue weighted by Gasteiger charge is 2.20. The maximum Gasteiger partial charge on any atom is 0.342 e. The minimum Gasteiger partial charge on any atom is -0.460 e. The number of rotatable bonds is 7. The monoisotopic (exact) mass is 378 g/mol. The van der Waals surface area contributed by atoms with Gasteiger partial charge >= 0.3 is 5.97 Å². The van der Waals surface area contributed by atoms with Gasteiger partial charge in [0, 0.05) is 18.6 Å². The summed E-state index contributed by atoms with van der Waals surface area (Å²) in [5.74, 6) is -0.370. The molecule has 0 radical (unpaired) electrons. The zero-order valence-electron chi connectivity index (χ0n) is 14.6. The summed E-state index contributed by atoms with van der Waals surface area (Å²) in [6, 6.07) is 15.8. The van der Waals surface area contributed by atoms with Gasteiger partial charge in [0.05, 0.1) is 18.0 Å². The predicted octanol–water partition coefficient (Wildman–Crippen LogP) is 3.71. The zero-order chi connectivity index (χ0) is 18.5. The molecular weight excluding hydrogens is 360 g/mol. The van der Waals surface area contributed by atoms with E-state index in [1.54, 1.807) is 33.1 Å². The quantitative estimate of drug-likeness (QED) is 0.460. The van der Waals surface area contributed by atoms with E-state index in [4.69, 9.17) is 4.74 Å². The molecule has 0 saturated heterocycles. The molecule has 6 nitrogen and oxygen atoms in total. The molecule has 0 aliphatic heterocycles. The van der Waals surface area contributed by atoms with Crippen LogP contribution in [0.2, 0.25) is 0 Å². The van der Waals surface area contributed by atoms with E-state index >= 15 is 0 Å². The lowest BCUT2D eigenvalue weighted by atomic mass is 10.2. The number of thiophene rings is 1.